The average molecular weight is 349 g/mol. The monoisotopic (exact) mass is 348 g/mol. The van der Waals surface area contributed by atoms with Crippen molar-refractivity contribution in [3.05, 3.63) is 29.3 Å². The topological polar surface area (TPSA) is 32.3 Å². The molecule has 2 rings (SSSR count). The molecule has 3 nitrogen and oxygen atoms in total. The fourth-order valence-corrected chi connectivity index (χ4v) is 3.68. The van der Waals surface area contributed by atoms with E-state index in [1.165, 1.54) is 18.2 Å². The second kappa shape index (κ2) is 9.57. The molecule has 1 atom stereocenters. The predicted molar refractivity (Wildman–Crippen MR) is 92.7 cm³/mol. The molecule has 0 bridgehead atoms. The van der Waals surface area contributed by atoms with Crippen LogP contribution in [-0.2, 0) is 4.79 Å². The summed E-state index contributed by atoms with van der Waals surface area (Å²) in [7, 11) is 1.97. The first-order valence-corrected chi connectivity index (χ1v) is 8.36. The van der Waals surface area contributed by atoms with Gasteiger partial charge in [-0.15, -0.1) is 24.2 Å². The fraction of sp³-hybridized carbons (Fsp3) is 0.533. The van der Waals surface area contributed by atoms with Gasteiger partial charge in [0.05, 0.1) is 10.8 Å². The minimum absolute atomic E-state index is 0. The number of likely N-dealkylation sites (tertiary alicyclic amines) is 1. The SMILES string of the molecule is CNCC1CCCN(C(=O)CSc2ccccc2Cl)C1.Cl. The number of halogens is 2. The van der Waals surface area contributed by atoms with Crippen molar-refractivity contribution in [1.82, 2.24) is 10.2 Å². The summed E-state index contributed by atoms with van der Waals surface area (Å²) in [5.74, 6) is 1.27. The second-order valence-electron chi connectivity index (χ2n) is 5.12. The Labute approximate surface area is 142 Å². The van der Waals surface area contributed by atoms with Crippen molar-refractivity contribution in [3.63, 3.8) is 0 Å². The van der Waals surface area contributed by atoms with Crippen molar-refractivity contribution in [2.24, 2.45) is 5.92 Å². The molecule has 118 valence electrons. The number of hydrogen-bond acceptors (Lipinski definition) is 3. The summed E-state index contributed by atoms with van der Waals surface area (Å²) < 4.78 is 0. The van der Waals surface area contributed by atoms with E-state index in [-0.39, 0.29) is 18.3 Å². The minimum Gasteiger partial charge on any atom is -0.342 e. The summed E-state index contributed by atoms with van der Waals surface area (Å²) in [5.41, 5.74) is 0. The van der Waals surface area contributed by atoms with Crippen LogP contribution in [0.15, 0.2) is 29.2 Å². The van der Waals surface area contributed by atoms with Gasteiger partial charge in [-0.1, -0.05) is 23.7 Å². The Morgan fingerprint density at radius 2 is 2.24 bits per heavy atom. The molecule has 1 aromatic rings. The number of carbonyl (C=O) groups is 1. The van der Waals surface area contributed by atoms with Crippen LogP contribution in [0, 0.1) is 5.92 Å². The largest absolute Gasteiger partial charge is 0.342 e. The van der Waals surface area contributed by atoms with Crippen molar-refractivity contribution in [3.8, 4) is 0 Å². The third-order valence-electron chi connectivity index (χ3n) is 3.55. The Morgan fingerprint density at radius 3 is 2.95 bits per heavy atom. The third kappa shape index (κ3) is 5.70. The number of benzene rings is 1. The van der Waals surface area contributed by atoms with Crippen LogP contribution >= 0.6 is 35.8 Å². The van der Waals surface area contributed by atoms with E-state index in [0.29, 0.717) is 11.7 Å². The molecule has 1 aliphatic rings. The zero-order valence-corrected chi connectivity index (χ0v) is 14.6. The molecule has 1 amide bonds. The molecule has 0 spiro atoms. The highest BCUT2D eigenvalue weighted by molar-refractivity contribution is 8.00. The van der Waals surface area contributed by atoms with E-state index >= 15 is 0 Å². The number of carbonyl (C=O) groups excluding carboxylic acids is 1. The van der Waals surface area contributed by atoms with Crippen LogP contribution in [-0.4, -0.2) is 43.2 Å². The fourth-order valence-electron chi connectivity index (χ4n) is 2.54. The van der Waals surface area contributed by atoms with Gasteiger partial charge in [-0.25, -0.2) is 0 Å². The summed E-state index contributed by atoms with van der Waals surface area (Å²) in [6, 6.07) is 7.67. The van der Waals surface area contributed by atoms with Crippen LogP contribution in [0.4, 0.5) is 0 Å². The van der Waals surface area contributed by atoms with E-state index in [2.05, 4.69) is 5.32 Å². The standard InChI is InChI=1S/C15H21ClN2OS.ClH/c1-17-9-12-5-4-8-18(10-12)15(19)11-20-14-7-3-2-6-13(14)16;/h2-3,6-7,12,17H,4-5,8-11H2,1H3;1H. The van der Waals surface area contributed by atoms with Crippen LogP contribution in [0.1, 0.15) is 12.8 Å². The van der Waals surface area contributed by atoms with Gasteiger partial charge >= 0.3 is 0 Å². The maximum Gasteiger partial charge on any atom is 0.232 e. The van der Waals surface area contributed by atoms with Crippen LogP contribution in [0.5, 0.6) is 0 Å². The first-order valence-electron chi connectivity index (χ1n) is 7.00. The van der Waals surface area contributed by atoms with Gasteiger partial charge < -0.3 is 10.2 Å². The van der Waals surface area contributed by atoms with Crippen LogP contribution < -0.4 is 5.32 Å². The second-order valence-corrected chi connectivity index (χ2v) is 6.55. The lowest BCUT2D eigenvalue weighted by molar-refractivity contribution is -0.130. The van der Waals surface area contributed by atoms with Gasteiger partial charge in [0.2, 0.25) is 5.91 Å². The van der Waals surface area contributed by atoms with Crippen LogP contribution in [0.2, 0.25) is 5.02 Å². The van der Waals surface area contributed by atoms with Crippen molar-refractivity contribution < 1.29 is 4.79 Å². The molecular weight excluding hydrogens is 327 g/mol. The summed E-state index contributed by atoms with van der Waals surface area (Å²) in [6.07, 6.45) is 2.32. The Morgan fingerprint density at radius 1 is 1.48 bits per heavy atom. The summed E-state index contributed by atoms with van der Waals surface area (Å²) in [5, 5.41) is 3.92. The molecule has 1 aromatic carbocycles. The first kappa shape index (κ1) is 18.6. The van der Waals surface area contributed by atoms with E-state index in [0.717, 1.165) is 36.0 Å². The van der Waals surface area contributed by atoms with Crippen molar-refractivity contribution >= 4 is 41.7 Å². The molecule has 1 saturated heterocycles. The van der Waals surface area contributed by atoms with Crippen molar-refractivity contribution in [2.75, 3.05) is 32.4 Å². The smallest absolute Gasteiger partial charge is 0.232 e. The number of nitrogens with zero attached hydrogens (tertiary/aromatic N) is 1. The lowest BCUT2D eigenvalue weighted by atomic mass is 9.98. The van der Waals surface area contributed by atoms with Crippen LogP contribution in [0.25, 0.3) is 0 Å². The number of amides is 1. The van der Waals surface area contributed by atoms with Crippen molar-refractivity contribution in [1.29, 1.82) is 0 Å². The Balaban J connectivity index is 0.00000220. The van der Waals surface area contributed by atoms with E-state index in [9.17, 15) is 4.79 Å². The van der Waals surface area contributed by atoms with Crippen LogP contribution in [0.3, 0.4) is 0 Å². The number of rotatable bonds is 5. The molecule has 0 saturated carbocycles. The van der Waals surface area contributed by atoms with Gasteiger partial charge in [0.1, 0.15) is 0 Å². The lowest BCUT2D eigenvalue weighted by Crippen LogP contribution is -2.43. The molecule has 21 heavy (non-hydrogen) atoms. The number of nitrogens with one attached hydrogen (secondary N) is 1. The molecule has 1 fully saturated rings. The Kier molecular flexibility index (Phi) is 8.49. The van der Waals surface area contributed by atoms with E-state index < -0.39 is 0 Å². The maximum absolute atomic E-state index is 12.3. The molecule has 0 aliphatic carbocycles. The zero-order chi connectivity index (χ0) is 14.4. The average Bonchev–Trinajstić information content (AvgIpc) is 2.47. The van der Waals surface area contributed by atoms with E-state index in [4.69, 9.17) is 11.6 Å². The Hall–Kier alpha value is -0.420. The minimum atomic E-state index is 0. The normalized spacial score (nSPS) is 18.2. The molecule has 1 N–H and O–H groups in total. The molecule has 0 aromatic heterocycles. The number of thioether (sulfide) groups is 1. The Bertz CT molecular complexity index is 457. The first-order chi connectivity index (χ1) is 9.70. The maximum atomic E-state index is 12.3. The highest BCUT2D eigenvalue weighted by Crippen LogP contribution is 2.27. The van der Waals surface area contributed by atoms with Gasteiger partial charge in [-0.05, 0) is 44.5 Å². The number of hydrogen-bond donors (Lipinski definition) is 1. The quantitative estimate of drug-likeness (QED) is 0.828. The van der Waals surface area contributed by atoms with Gasteiger partial charge in [-0.3, -0.25) is 4.79 Å². The lowest BCUT2D eigenvalue weighted by Gasteiger charge is -2.32. The van der Waals surface area contributed by atoms with Crippen molar-refractivity contribution in [2.45, 2.75) is 17.7 Å². The highest BCUT2D eigenvalue weighted by atomic mass is 35.5. The summed E-state index contributed by atoms with van der Waals surface area (Å²) in [4.78, 5) is 15.2. The summed E-state index contributed by atoms with van der Waals surface area (Å²) >= 11 is 7.63. The molecular formula is C15H22Cl2N2OS. The molecule has 1 aliphatic heterocycles. The molecule has 1 unspecified atom stereocenters. The van der Waals surface area contributed by atoms with Gasteiger partial charge in [0.15, 0.2) is 0 Å². The summed E-state index contributed by atoms with van der Waals surface area (Å²) in [6.45, 7) is 2.76. The molecule has 0 radical (unpaired) electrons. The third-order valence-corrected chi connectivity index (χ3v) is 5.05. The van der Waals surface area contributed by atoms with Gasteiger partial charge in [0.25, 0.3) is 0 Å². The van der Waals surface area contributed by atoms with Gasteiger partial charge in [0, 0.05) is 18.0 Å². The number of piperidine rings is 1. The zero-order valence-electron chi connectivity index (χ0n) is 12.2. The van der Waals surface area contributed by atoms with E-state index in [1.54, 1.807) is 0 Å². The predicted octanol–water partition coefficient (Wildman–Crippen LogP) is 3.31. The molecule has 1 heterocycles. The molecule has 6 heteroatoms. The van der Waals surface area contributed by atoms with E-state index in [1.807, 2.05) is 36.2 Å². The van der Waals surface area contributed by atoms with Gasteiger partial charge in [-0.2, -0.15) is 0 Å². The highest BCUT2D eigenvalue weighted by Gasteiger charge is 2.23.